The van der Waals surface area contributed by atoms with Gasteiger partial charge in [0.25, 0.3) is 10.2 Å². The number of benzene rings is 1. The first-order chi connectivity index (χ1) is 9.94. The Labute approximate surface area is 122 Å². The molecular formula is C11H16N6O3S. The van der Waals surface area contributed by atoms with Gasteiger partial charge in [-0.2, -0.15) is 22.1 Å². The van der Waals surface area contributed by atoms with Gasteiger partial charge in [0.2, 0.25) is 0 Å². The molecule has 1 N–H and O–H groups in total. The third-order valence-electron chi connectivity index (χ3n) is 2.74. The summed E-state index contributed by atoms with van der Waals surface area (Å²) in [6, 6.07) is 7.09. The van der Waals surface area contributed by atoms with Crippen LogP contribution in [0.1, 0.15) is 5.82 Å². The molecule has 10 heteroatoms. The van der Waals surface area contributed by atoms with Crippen LogP contribution in [0.5, 0.6) is 5.75 Å². The van der Waals surface area contributed by atoms with Gasteiger partial charge in [-0.25, -0.2) is 0 Å². The van der Waals surface area contributed by atoms with Crippen LogP contribution >= 0.6 is 0 Å². The number of rotatable bonds is 6. The monoisotopic (exact) mass is 312 g/mol. The summed E-state index contributed by atoms with van der Waals surface area (Å²) in [5.41, 5.74) is 0.708. The number of methoxy groups -OCH3 is 1. The highest BCUT2D eigenvalue weighted by Gasteiger charge is 2.15. The Morgan fingerprint density at radius 1 is 1.29 bits per heavy atom. The molecule has 1 aromatic heterocycles. The van der Waals surface area contributed by atoms with Crippen molar-refractivity contribution < 1.29 is 13.2 Å². The minimum atomic E-state index is -3.53. The Kier molecular flexibility index (Phi) is 4.50. The summed E-state index contributed by atoms with van der Waals surface area (Å²) in [6.45, 7) is -0.0143. The Hall–Kier alpha value is -2.04. The predicted octanol–water partition coefficient (Wildman–Crippen LogP) is -0.433. The van der Waals surface area contributed by atoms with Crippen LogP contribution in [-0.4, -0.2) is 54.1 Å². The molecule has 0 atom stereocenters. The summed E-state index contributed by atoms with van der Waals surface area (Å²) in [6.07, 6.45) is 0. The first-order valence-corrected chi connectivity index (χ1v) is 7.47. The molecule has 0 aliphatic heterocycles. The van der Waals surface area contributed by atoms with E-state index in [-0.39, 0.29) is 6.54 Å². The van der Waals surface area contributed by atoms with E-state index in [1.165, 1.54) is 18.8 Å². The standard InChI is InChI=1S/C11H16N6O3S/c1-16(2)21(18,19)12-8-11-13-14-15-17(11)9-4-6-10(20-3)7-5-9/h4-7,12H,8H2,1-3H3. The lowest BCUT2D eigenvalue weighted by Crippen LogP contribution is -2.35. The van der Waals surface area contributed by atoms with Crippen molar-refractivity contribution >= 4 is 10.2 Å². The van der Waals surface area contributed by atoms with Gasteiger partial charge in [0.1, 0.15) is 5.75 Å². The van der Waals surface area contributed by atoms with Crippen LogP contribution in [-0.2, 0) is 16.8 Å². The molecule has 2 aromatic rings. The van der Waals surface area contributed by atoms with E-state index >= 15 is 0 Å². The van der Waals surface area contributed by atoms with E-state index in [1.807, 2.05) is 0 Å². The zero-order chi connectivity index (χ0) is 15.5. The molecule has 0 bridgehead atoms. The zero-order valence-corrected chi connectivity index (χ0v) is 12.7. The molecule has 0 amide bonds. The third kappa shape index (κ3) is 3.54. The quantitative estimate of drug-likeness (QED) is 0.776. The summed E-state index contributed by atoms with van der Waals surface area (Å²) in [5.74, 6) is 1.09. The van der Waals surface area contributed by atoms with Crippen LogP contribution < -0.4 is 9.46 Å². The molecule has 1 heterocycles. The first-order valence-electron chi connectivity index (χ1n) is 6.03. The van der Waals surface area contributed by atoms with Crippen LogP contribution in [0.2, 0.25) is 0 Å². The third-order valence-corrected chi connectivity index (χ3v) is 4.22. The molecule has 114 valence electrons. The number of hydrogen-bond acceptors (Lipinski definition) is 6. The molecule has 0 saturated carbocycles. The van der Waals surface area contributed by atoms with Crippen molar-refractivity contribution in [2.75, 3.05) is 21.2 Å². The smallest absolute Gasteiger partial charge is 0.279 e. The number of aromatic nitrogens is 4. The van der Waals surface area contributed by atoms with E-state index in [0.29, 0.717) is 17.3 Å². The van der Waals surface area contributed by atoms with Gasteiger partial charge in [-0.1, -0.05) is 0 Å². The normalized spacial score (nSPS) is 11.8. The van der Waals surface area contributed by atoms with Gasteiger partial charge in [0.05, 0.1) is 19.3 Å². The number of hydrogen-bond donors (Lipinski definition) is 1. The average molecular weight is 312 g/mol. The average Bonchev–Trinajstić information content (AvgIpc) is 2.93. The van der Waals surface area contributed by atoms with Crippen molar-refractivity contribution in [3.63, 3.8) is 0 Å². The number of nitrogens with one attached hydrogen (secondary N) is 1. The van der Waals surface area contributed by atoms with Gasteiger partial charge < -0.3 is 4.74 Å². The van der Waals surface area contributed by atoms with E-state index in [4.69, 9.17) is 4.74 Å². The Morgan fingerprint density at radius 2 is 1.95 bits per heavy atom. The van der Waals surface area contributed by atoms with Gasteiger partial charge in [-0.05, 0) is 34.7 Å². The second-order valence-corrected chi connectivity index (χ2v) is 6.28. The summed E-state index contributed by atoms with van der Waals surface area (Å²) in [4.78, 5) is 0. The highest BCUT2D eigenvalue weighted by atomic mass is 32.2. The molecule has 0 radical (unpaired) electrons. The lowest BCUT2D eigenvalue weighted by molar-refractivity contribution is 0.414. The number of ether oxygens (including phenoxy) is 1. The van der Waals surface area contributed by atoms with Crippen LogP contribution in [0.4, 0.5) is 0 Å². The molecular weight excluding hydrogens is 296 g/mol. The summed E-state index contributed by atoms with van der Waals surface area (Å²) in [7, 11) is 0.926. The fraction of sp³-hybridized carbons (Fsp3) is 0.364. The zero-order valence-electron chi connectivity index (χ0n) is 11.9. The molecule has 0 unspecified atom stereocenters. The molecule has 1 aromatic carbocycles. The summed E-state index contributed by atoms with van der Waals surface area (Å²) < 4.78 is 33.4. The molecule has 0 aliphatic carbocycles. The number of tetrazole rings is 1. The van der Waals surface area contributed by atoms with E-state index in [2.05, 4.69) is 20.2 Å². The largest absolute Gasteiger partial charge is 0.497 e. The molecule has 21 heavy (non-hydrogen) atoms. The maximum Gasteiger partial charge on any atom is 0.279 e. The Bertz CT molecular complexity index is 695. The van der Waals surface area contributed by atoms with Crippen molar-refractivity contribution in [1.29, 1.82) is 0 Å². The van der Waals surface area contributed by atoms with Crippen molar-refractivity contribution in [2.45, 2.75) is 6.54 Å². The second kappa shape index (κ2) is 6.16. The Morgan fingerprint density at radius 3 is 2.52 bits per heavy atom. The fourth-order valence-electron chi connectivity index (χ4n) is 1.52. The van der Waals surface area contributed by atoms with Gasteiger partial charge in [0.15, 0.2) is 5.82 Å². The van der Waals surface area contributed by atoms with Crippen molar-refractivity contribution in [2.24, 2.45) is 0 Å². The second-order valence-electron chi connectivity index (χ2n) is 4.31. The van der Waals surface area contributed by atoms with E-state index < -0.39 is 10.2 Å². The molecule has 2 rings (SSSR count). The van der Waals surface area contributed by atoms with E-state index in [1.54, 1.807) is 31.4 Å². The Balaban J connectivity index is 2.18. The van der Waals surface area contributed by atoms with Gasteiger partial charge >= 0.3 is 0 Å². The van der Waals surface area contributed by atoms with Gasteiger partial charge in [0, 0.05) is 14.1 Å². The van der Waals surface area contributed by atoms with Gasteiger partial charge in [-0.15, -0.1) is 5.10 Å². The van der Waals surface area contributed by atoms with E-state index in [9.17, 15) is 8.42 Å². The topological polar surface area (TPSA) is 102 Å². The minimum Gasteiger partial charge on any atom is -0.497 e. The van der Waals surface area contributed by atoms with Crippen molar-refractivity contribution in [3.05, 3.63) is 30.1 Å². The van der Waals surface area contributed by atoms with Crippen LogP contribution in [0.25, 0.3) is 5.69 Å². The maximum atomic E-state index is 11.7. The lowest BCUT2D eigenvalue weighted by atomic mass is 10.3. The van der Waals surface area contributed by atoms with Crippen LogP contribution in [0, 0.1) is 0 Å². The first kappa shape index (κ1) is 15.4. The highest BCUT2D eigenvalue weighted by molar-refractivity contribution is 7.87. The molecule has 0 aliphatic rings. The molecule has 9 nitrogen and oxygen atoms in total. The van der Waals surface area contributed by atoms with Gasteiger partial charge in [-0.3, -0.25) is 0 Å². The predicted molar refractivity (Wildman–Crippen MR) is 75.2 cm³/mol. The fourth-order valence-corrected chi connectivity index (χ4v) is 2.09. The van der Waals surface area contributed by atoms with Crippen LogP contribution in [0.15, 0.2) is 24.3 Å². The van der Waals surface area contributed by atoms with Crippen LogP contribution in [0.3, 0.4) is 0 Å². The van der Waals surface area contributed by atoms with E-state index in [0.717, 1.165) is 4.31 Å². The molecule has 0 fully saturated rings. The lowest BCUT2D eigenvalue weighted by Gasteiger charge is -2.12. The molecule has 0 saturated heterocycles. The summed E-state index contributed by atoms with van der Waals surface area (Å²) in [5, 5.41) is 11.2. The van der Waals surface area contributed by atoms with Crippen molar-refractivity contribution in [3.8, 4) is 11.4 Å². The van der Waals surface area contributed by atoms with Crippen molar-refractivity contribution in [1.82, 2.24) is 29.2 Å². The SMILES string of the molecule is COc1ccc(-n2nnnc2CNS(=O)(=O)N(C)C)cc1. The maximum absolute atomic E-state index is 11.7. The number of nitrogens with zero attached hydrogens (tertiary/aromatic N) is 5. The molecule has 0 spiro atoms. The summed E-state index contributed by atoms with van der Waals surface area (Å²) >= 11 is 0. The highest BCUT2D eigenvalue weighted by Crippen LogP contribution is 2.14. The minimum absolute atomic E-state index is 0.0143.